The molecule has 0 aliphatic carbocycles. The summed E-state index contributed by atoms with van der Waals surface area (Å²) >= 11 is 1.64. The fourth-order valence-electron chi connectivity index (χ4n) is 1.97. The van der Waals surface area contributed by atoms with Crippen LogP contribution in [0.25, 0.3) is 10.2 Å². The van der Waals surface area contributed by atoms with Crippen molar-refractivity contribution in [2.75, 3.05) is 19.0 Å². The van der Waals surface area contributed by atoms with E-state index in [2.05, 4.69) is 21.4 Å². The molecule has 102 valence electrons. The van der Waals surface area contributed by atoms with Gasteiger partial charge in [0.1, 0.15) is 5.75 Å². The minimum Gasteiger partial charge on any atom is -0.497 e. The highest BCUT2D eigenvalue weighted by atomic mass is 32.1. The van der Waals surface area contributed by atoms with E-state index in [0.29, 0.717) is 0 Å². The highest BCUT2D eigenvalue weighted by Crippen LogP contribution is 2.28. The molecule has 3 rings (SSSR count). The molecular formula is C15H15N3OS. The van der Waals surface area contributed by atoms with Crippen molar-refractivity contribution in [3.05, 3.63) is 48.3 Å². The number of anilines is 1. The molecule has 0 saturated carbocycles. The molecule has 0 unspecified atom stereocenters. The average molecular weight is 285 g/mol. The second-order valence-electron chi connectivity index (χ2n) is 4.39. The van der Waals surface area contributed by atoms with E-state index in [1.807, 2.05) is 30.5 Å². The number of thiazole rings is 1. The fraction of sp³-hybridized carbons (Fsp3) is 0.200. The Balaban J connectivity index is 1.66. The monoisotopic (exact) mass is 285 g/mol. The molecule has 20 heavy (non-hydrogen) atoms. The van der Waals surface area contributed by atoms with Gasteiger partial charge in [0, 0.05) is 18.9 Å². The molecule has 0 saturated heterocycles. The Morgan fingerprint density at radius 2 is 2.25 bits per heavy atom. The molecule has 0 aliphatic heterocycles. The first-order chi connectivity index (χ1) is 9.85. The van der Waals surface area contributed by atoms with Crippen molar-refractivity contribution in [1.29, 1.82) is 0 Å². The minimum absolute atomic E-state index is 0.850. The summed E-state index contributed by atoms with van der Waals surface area (Å²) in [4.78, 5) is 8.67. The summed E-state index contributed by atoms with van der Waals surface area (Å²) in [5.74, 6) is 0.864. The topological polar surface area (TPSA) is 47.0 Å². The van der Waals surface area contributed by atoms with Crippen molar-refractivity contribution < 1.29 is 4.74 Å². The van der Waals surface area contributed by atoms with Gasteiger partial charge in [0.2, 0.25) is 0 Å². The van der Waals surface area contributed by atoms with E-state index in [0.717, 1.165) is 34.1 Å². The number of hydrogen-bond acceptors (Lipinski definition) is 5. The lowest BCUT2D eigenvalue weighted by molar-refractivity contribution is 0.415. The molecule has 0 aliphatic rings. The first kappa shape index (κ1) is 12.9. The maximum Gasteiger partial charge on any atom is 0.183 e. The largest absolute Gasteiger partial charge is 0.497 e. The van der Waals surface area contributed by atoms with Crippen molar-refractivity contribution in [3.63, 3.8) is 0 Å². The lowest BCUT2D eigenvalue weighted by atomic mass is 10.2. The number of hydrogen-bond donors (Lipinski definition) is 1. The average Bonchev–Trinajstić information content (AvgIpc) is 2.90. The molecule has 0 bridgehead atoms. The minimum atomic E-state index is 0.850. The van der Waals surface area contributed by atoms with Gasteiger partial charge in [-0.25, -0.2) is 4.98 Å². The first-order valence-electron chi connectivity index (χ1n) is 6.42. The summed E-state index contributed by atoms with van der Waals surface area (Å²) in [6, 6.07) is 9.97. The maximum absolute atomic E-state index is 5.22. The van der Waals surface area contributed by atoms with Crippen LogP contribution in [0.3, 0.4) is 0 Å². The summed E-state index contributed by atoms with van der Waals surface area (Å²) in [6.45, 7) is 0.850. The number of ether oxygens (including phenoxy) is 1. The second kappa shape index (κ2) is 5.88. The number of rotatable bonds is 5. The summed E-state index contributed by atoms with van der Waals surface area (Å²) in [5, 5.41) is 4.30. The van der Waals surface area contributed by atoms with E-state index in [9.17, 15) is 0 Å². The van der Waals surface area contributed by atoms with Gasteiger partial charge in [0.05, 0.1) is 17.3 Å². The van der Waals surface area contributed by atoms with Crippen molar-refractivity contribution in [2.24, 2.45) is 0 Å². The Morgan fingerprint density at radius 3 is 3.05 bits per heavy atom. The van der Waals surface area contributed by atoms with Gasteiger partial charge < -0.3 is 10.1 Å². The molecule has 1 aromatic carbocycles. The van der Waals surface area contributed by atoms with Gasteiger partial charge in [-0.2, -0.15) is 0 Å². The first-order valence-corrected chi connectivity index (χ1v) is 7.24. The van der Waals surface area contributed by atoms with Crippen LogP contribution in [0.5, 0.6) is 5.75 Å². The van der Waals surface area contributed by atoms with Crippen LogP contribution >= 0.6 is 11.3 Å². The zero-order valence-electron chi connectivity index (χ0n) is 11.2. The maximum atomic E-state index is 5.22. The van der Waals surface area contributed by atoms with E-state index >= 15 is 0 Å². The Morgan fingerprint density at radius 1 is 1.30 bits per heavy atom. The van der Waals surface area contributed by atoms with Gasteiger partial charge in [-0.3, -0.25) is 4.98 Å². The number of nitrogens with zero attached hydrogens (tertiary/aromatic N) is 2. The number of aromatic nitrogens is 2. The molecule has 0 fully saturated rings. The number of pyridine rings is 1. The van der Waals surface area contributed by atoms with E-state index in [4.69, 9.17) is 4.74 Å². The summed E-state index contributed by atoms with van der Waals surface area (Å²) < 4.78 is 6.35. The van der Waals surface area contributed by atoms with Crippen LogP contribution in [0.4, 0.5) is 5.13 Å². The van der Waals surface area contributed by atoms with Crippen LogP contribution in [-0.4, -0.2) is 23.6 Å². The van der Waals surface area contributed by atoms with Gasteiger partial charge in [-0.1, -0.05) is 17.4 Å². The Labute approximate surface area is 121 Å². The van der Waals surface area contributed by atoms with Crippen LogP contribution in [0.1, 0.15) is 5.56 Å². The highest BCUT2D eigenvalue weighted by molar-refractivity contribution is 7.22. The molecule has 5 heteroatoms. The van der Waals surface area contributed by atoms with Crippen molar-refractivity contribution in [2.45, 2.75) is 6.42 Å². The van der Waals surface area contributed by atoms with Crippen LogP contribution in [0.15, 0.2) is 42.7 Å². The highest BCUT2D eigenvalue weighted by Gasteiger charge is 2.04. The molecule has 2 aromatic heterocycles. The van der Waals surface area contributed by atoms with E-state index in [1.54, 1.807) is 24.6 Å². The Bertz CT molecular complexity index is 697. The van der Waals surface area contributed by atoms with Gasteiger partial charge in [0.25, 0.3) is 0 Å². The summed E-state index contributed by atoms with van der Waals surface area (Å²) in [6.07, 6.45) is 4.62. The third-order valence-electron chi connectivity index (χ3n) is 3.01. The van der Waals surface area contributed by atoms with Crippen molar-refractivity contribution in [1.82, 2.24) is 9.97 Å². The third kappa shape index (κ3) is 2.88. The Kier molecular flexibility index (Phi) is 3.78. The molecule has 2 heterocycles. The van der Waals surface area contributed by atoms with Crippen molar-refractivity contribution in [3.8, 4) is 5.75 Å². The SMILES string of the molecule is COc1ccc2nc(NCCc3cccnc3)sc2c1. The third-order valence-corrected chi connectivity index (χ3v) is 3.98. The number of fused-ring (bicyclic) bond motifs is 1. The lowest BCUT2D eigenvalue weighted by Crippen LogP contribution is -2.04. The smallest absolute Gasteiger partial charge is 0.183 e. The molecule has 0 amide bonds. The zero-order chi connectivity index (χ0) is 13.8. The number of benzene rings is 1. The number of methoxy groups -OCH3 is 1. The zero-order valence-corrected chi connectivity index (χ0v) is 12.0. The van der Waals surface area contributed by atoms with E-state index in [-0.39, 0.29) is 0 Å². The molecule has 3 aromatic rings. The normalized spacial score (nSPS) is 10.7. The number of nitrogens with one attached hydrogen (secondary N) is 1. The van der Waals surface area contributed by atoms with E-state index < -0.39 is 0 Å². The van der Waals surface area contributed by atoms with Crippen LogP contribution in [0.2, 0.25) is 0 Å². The van der Waals surface area contributed by atoms with Gasteiger partial charge in [-0.15, -0.1) is 0 Å². The Hall–Kier alpha value is -2.14. The molecule has 0 atom stereocenters. The predicted molar refractivity (Wildman–Crippen MR) is 82.6 cm³/mol. The van der Waals surface area contributed by atoms with Gasteiger partial charge >= 0.3 is 0 Å². The quantitative estimate of drug-likeness (QED) is 0.781. The fourth-order valence-corrected chi connectivity index (χ4v) is 2.89. The van der Waals surface area contributed by atoms with Gasteiger partial charge in [-0.05, 0) is 36.2 Å². The van der Waals surface area contributed by atoms with Gasteiger partial charge in [0.15, 0.2) is 5.13 Å². The summed E-state index contributed by atoms with van der Waals surface area (Å²) in [5.41, 5.74) is 2.22. The molecule has 0 spiro atoms. The molecule has 4 nitrogen and oxygen atoms in total. The second-order valence-corrected chi connectivity index (χ2v) is 5.42. The standard InChI is InChI=1S/C15H15N3OS/c1-19-12-4-5-13-14(9-12)20-15(18-13)17-8-6-11-3-2-7-16-10-11/h2-5,7,9-10H,6,8H2,1H3,(H,17,18). The molecule has 1 N–H and O–H groups in total. The summed E-state index contributed by atoms with van der Waals surface area (Å²) in [7, 11) is 1.68. The van der Waals surface area contributed by atoms with E-state index in [1.165, 1.54) is 5.56 Å². The lowest BCUT2D eigenvalue weighted by Gasteiger charge is -2.01. The molecular weight excluding hydrogens is 270 g/mol. The molecule has 0 radical (unpaired) electrons. The van der Waals surface area contributed by atoms with Crippen LogP contribution < -0.4 is 10.1 Å². The predicted octanol–water partition coefficient (Wildman–Crippen LogP) is 3.35. The van der Waals surface area contributed by atoms with Crippen molar-refractivity contribution >= 4 is 26.7 Å². The van der Waals surface area contributed by atoms with Crippen LogP contribution in [0, 0.1) is 0 Å². The van der Waals surface area contributed by atoms with Crippen LogP contribution in [-0.2, 0) is 6.42 Å².